The van der Waals surface area contributed by atoms with Crippen LogP contribution in [0.25, 0.3) is 0 Å². The molecule has 0 N–H and O–H groups in total. The molecule has 2 aromatic carbocycles. The molecule has 110 valence electrons. The highest BCUT2D eigenvalue weighted by Gasteiger charge is 2.00. The van der Waals surface area contributed by atoms with Crippen LogP contribution < -0.4 is 4.90 Å². The van der Waals surface area contributed by atoms with Crippen molar-refractivity contribution in [2.75, 3.05) is 18.0 Å². The molecule has 0 aliphatic carbocycles. The van der Waals surface area contributed by atoms with Gasteiger partial charge in [0, 0.05) is 25.0 Å². The summed E-state index contributed by atoms with van der Waals surface area (Å²) in [4.78, 5) is 6.91. The lowest BCUT2D eigenvalue weighted by molar-refractivity contribution is 0.866. The van der Waals surface area contributed by atoms with E-state index in [9.17, 15) is 0 Å². The normalized spacial score (nSPS) is 11.0. The zero-order chi connectivity index (χ0) is 15.2. The second kappa shape index (κ2) is 7.07. The van der Waals surface area contributed by atoms with E-state index in [0.29, 0.717) is 0 Å². The first-order valence-electron chi connectivity index (χ1n) is 7.59. The molecule has 2 rings (SSSR count). The number of aliphatic imine (C=N–C) groups is 1. The second-order valence-corrected chi connectivity index (χ2v) is 5.37. The minimum Gasteiger partial charge on any atom is -0.372 e. The first-order valence-corrected chi connectivity index (χ1v) is 7.59. The van der Waals surface area contributed by atoms with Gasteiger partial charge in [0.2, 0.25) is 0 Å². The van der Waals surface area contributed by atoms with Crippen LogP contribution in [0.4, 0.5) is 11.4 Å². The van der Waals surface area contributed by atoms with Crippen LogP contribution in [-0.2, 0) is 0 Å². The van der Waals surface area contributed by atoms with Gasteiger partial charge in [0.1, 0.15) is 0 Å². The third-order valence-electron chi connectivity index (χ3n) is 3.59. The predicted octanol–water partition coefficient (Wildman–Crippen LogP) is 4.90. The van der Waals surface area contributed by atoms with E-state index < -0.39 is 0 Å². The molecule has 2 aromatic rings. The van der Waals surface area contributed by atoms with E-state index in [1.165, 1.54) is 16.8 Å². The van der Waals surface area contributed by atoms with Crippen LogP contribution in [0.5, 0.6) is 0 Å². The van der Waals surface area contributed by atoms with Crippen molar-refractivity contribution in [1.29, 1.82) is 0 Å². The Kier molecular flexibility index (Phi) is 5.15. The fourth-order valence-corrected chi connectivity index (χ4v) is 2.53. The van der Waals surface area contributed by atoms with Crippen LogP contribution in [-0.4, -0.2) is 19.3 Å². The molecule has 0 spiro atoms. The van der Waals surface area contributed by atoms with Gasteiger partial charge in [0.05, 0.1) is 5.69 Å². The predicted molar refractivity (Wildman–Crippen MR) is 93.2 cm³/mol. The van der Waals surface area contributed by atoms with Gasteiger partial charge in [-0.05, 0) is 68.7 Å². The van der Waals surface area contributed by atoms with Gasteiger partial charge in [0.15, 0.2) is 0 Å². The molecule has 2 heteroatoms. The first-order chi connectivity index (χ1) is 10.1. The molecule has 0 aromatic heterocycles. The van der Waals surface area contributed by atoms with Gasteiger partial charge in [-0.1, -0.05) is 18.2 Å². The molecular weight excluding hydrogens is 256 g/mol. The Morgan fingerprint density at radius 3 is 2.00 bits per heavy atom. The maximum absolute atomic E-state index is 4.57. The molecule has 21 heavy (non-hydrogen) atoms. The zero-order valence-electron chi connectivity index (χ0n) is 13.4. The van der Waals surface area contributed by atoms with Crippen molar-refractivity contribution >= 4 is 17.6 Å². The molecule has 0 saturated carbocycles. The third-order valence-corrected chi connectivity index (χ3v) is 3.59. The quantitative estimate of drug-likeness (QED) is 0.711. The molecule has 0 radical (unpaired) electrons. The Bertz CT molecular complexity index is 588. The lowest BCUT2D eigenvalue weighted by atomic mass is 10.1. The van der Waals surface area contributed by atoms with Gasteiger partial charge >= 0.3 is 0 Å². The summed E-state index contributed by atoms with van der Waals surface area (Å²) >= 11 is 0. The van der Waals surface area contributed by atoms with Gasteiger partial charge in [-0.15, -0.1) is 0 Å². The van der Waals surface area contributed by atoms with Crippen molar-refractivity contribution in [3.05, 3.63) is 59.2 Å². The van der Waals surface area contributed by atoms with E-state index in [-0.39, 0.29) is 0 Å². The highest BCUT2D eigenvalue weighted by Crippen LogP contribution is 2.18. The first kappa shape index (κ1) is 15.3. The average Bonchev–Trinajstić information content (AvgIpc) is 2.47. The van der Waals surface area contributed by atoms with E-state index >= 15 is 0 Å². The highest BCUT2D eigenvalue weighted by molar-refractivity contribution is 5.82. The van der Waals surface area contributed by atoms with Gasteiger partial charge in [-0.25, -0.2) is 0 Å². The number of nitrogens with zero attached hydrogens (tertiary/aromatic N) is 2. The van der Waals surface area contributed by atoms with E-state index in [4.69, 9.17) is 0 Å². The lowest BCUT2D eigenvalue weighted by Gasteiger charge is -2.20. The molecule has 0 amide bonds. The van der Waals surface area contributed by atoms with Crippen LogP contribution >= 0.6 is 0 Å². The van der Waals surface area contributed by atoms with Crippen molar-refractivity contribution in [2.45, 2.75) is 27.7 Å². The summed E-state index contributed by atoms with van der Waals surface area (Å²) in [6, 6.07) is 14.9. The lowest BCUT2D eigenvalue weighted by Crippen LogP contribution is -2.21. The van der Waals surface area contributed by atoms with Crippen LogP contribution in [0.1, 0.15) is 30.5 Å². The molecule has 0 saturated heterocycles. The molecule has 0 atom stereocenters. The van der Waals surface area contributed by atoms with E-state index in [1.54, 1.807) is 0 Å². The molecule has 0 aliphatic heterocycles. The summed E-state index contributed by atoms with van der Waals surface area (Å²) in [5, 5.41) is 0. The molecule has 0 heterocycles. The number of hydrogen-bond acceptors (Lipinski definition) is 2. The van der Waals surface area contributed by atoms with Gasteiger partial charge in [0.25, 0.3) is 0 Å². The van der Waals surface area contributed by atoms with Crippen molar-refractivity contribution in [3.8, 4) is 0 Å². The number of benzene rings is 2. The summed E-state index contributed by atoms with van der Waals surface area (Å²) in [7, 11) is 0. The second-order valence-electron chi connectivity index (χ2n) is 5.37. The minimum atomic E-state index is 1.01. The molecule has 0 unspecified atom stereocenters. The topological polar surface area (TPSA) is 15.6 Å². The Balaban J connectivity index is 2.14. The van der Waals surface area contributed by atoms with Crippen LogP contribution in [0.15, 0.2) is 47.5 Å². The van der Waals surface area contributed by atoms with E-state index in [2.05, 4.69) is 80.1 Å². The molecule has 0 bridgehead atoms. The number of aryl methyl sites for hydroxylation is 2. The van der Waals surface area contributed by atoms with E-state index in [1.807, 2.05) is 6.21 Å². The zero-order valence-corrected chi connectivity index (χ0v) is 13.4. The van der Waals surface area contributed by atoms with Crippen LogP contribution in [0, 0.1) is 13.8 Å². The van der Waals surface area contributed by atoms with Crippen LogP contribution in [0.3, 0.4) is 0 Å². The monoisotopic (exact) mass is 280 g/mol. The number of hydrogen-bond donors (Lipinski definition) is 0. The Labute approximate surface area is 128 Å². The molecule has 0 aliphatic rings. The number of anilines is 1. The van der Waals surface area contributed by atoms with Crippen molar-refractivity contribution in [2.24, 2.45) is 4.99 Å². The summed E-state index contributed by atoms with van der Waals surface area (Å²) in [5.74, 6) is 0. The SMILES string of the molecule is CCN(CC)c1ccc(C=Nc2cc(C)cc(C)c2)cc1. The molecule has 2 nitrogen and oxygen atoms in total. The Hall–Kier alpha value is -2.09. The Morgan fingerprint density at radius 1 is 0.905 bits per heavy atom. The summed E-state index contributed by atoms with van der Waals surface area (Å²) in [5.41, 5.74) is 5.91. The fraction of sp³-hybridized carbons (Fsp3) is 0.316. The molecule has 0 fully saturated rings. The summed E-state index contributed by atoms with van der Waals surface area (Å²) in [6.07, 6.45) is 1.93. The minimum absolute atomic E-state index is 1.01. The van der Waals surface area contributed by atoms with Gasteiger partial charge in [-0.2, -0.15) is 0 Å². The van der Waals surface area contributed by atoms with Crippen LogP contribution in [0.2, 0.25) is 0 Å². The third kappa shape index (κ3) is 4.19. The summed E-state index contributed by atoms with van der Waals surface area (Å²) < 4.78 is 0. The number of rotatable bonds is 5. The van der Waals surface area contributed by atoms with E-state index in [0.717, 1.165) is 24.3 Å². The molecular formula is C19H24N2. The van der Waals surface area contributed by atoms with Crippen molar-refractivity contribution in [1.82, 2.24) is 0 Å². The smallest absolute Gasteiger partial charge is 0.0635 e. The fourth-order valence-electron chi connectivity index (χ4n) is 2.53. The van der Waals surface area contributed by atoms with Gasteiger partial charge < -0.3 is 4.90 Å². The standard InChI is InChI=1S/C19H24N2/c1-5-21(6-2)19-9-7-17(8-10-19)14-20-18-12-15(3)11-16(4)13-18/h7-14H,5-6H2,1-4H3. The largest absolute Gasteiger partial charge is 0.372 e. The Morgan fingerprint density at radius 2 is 1.48 bits per heavy atom. The highest BCUT2D eigenvalue weighted by atomic mass is 15.1. The maximum Gasteiger partial charge on any atom is 0.0635 e. The summed E-state index contributed by atoms with van der Waals surface area (Å²) in [6.45, 7) is 10.6. The van der Waals surface area contributed by atoms with Crippen molar-refractivity contribution in [3.63, 3.8) is 0 Å². The average molecular weight is 280 g/mol. The maximum atomic E-state index is 4.57. The van der Waals surface area contributed by atoms with Gasteiger partial charge in [-0.3, -0.25) is 4.99 Å². The van der Waals surface area contributed by atoms with Crippen molar-refractivity contribution < 1.29 is 0 Å².